The Kier molecular flexibility index (Phi) is 8.25. The maximum absolute atomic E-state index is 11.3. The van der Waals surface area contributed by atoms with Crippen LogP contribution in [-0.4, -0.2) is 33.9 Å². The molecule has 0 amide bonds. The third kappa shape index (κ3) is 6.85. The summed E-state index contributed by atoms with van der Waals surface area (Å²) in [4.78, 5) is 0. The molecule has 0 aromatic heterocycles. The predicted octanol–water partition coefficient (Wildman–Crippen LogP) is 3.06. The highest BCUT2D eigenvalue weighted by atomic mass is 127. The minimum atomic E-state index is -3.38. The molecule has 1 fully saturated rings. The van der Waals surface area contributed by atoms with Gasteiger partial charge in [-0.15, -0.1) is 0 Å². The summed E-state index contributed by atoms with van der Waals surface area (Å²) in [5, 5.41) is 8.48. The first-order chi connectivity index (χ1) is 11.8. The first-order valence-electron chi connectivity index (χ1n) is 7.73. The van der Waals surface area contributed by atoms with Crippen molar-refractivity contribution in [1.82, 2.24) is 15.4 Å². The highest BCUT2D eigenvalue weighted by Crippen LogP contribution is 2.32. The Labute approximate surface area is 171 Å². The van der Waals surface area contributed by atoms with Crippen LogP contribution in [0.3, 0.4) is 0 Å². The monoisotopic (exact) mass is 519 g/mol. The molecule has 1 heterocycles. The molecule has 0 aliphatic carbocycles. The molecular formula is C15H20Cl2IN3O3S. The van der Waals surface area contributed by atoms with Crippen LogP contribution >= 0.6 is 45.8 Å². The van der Waals surface area contributed by atoms with Gasteiger partial charge in [0, 0.05) is 24.6 Å². The summed E-state index contributed by atoms with van der Waals surface area (Å²) < 4.78 is 31.9. The van der Waals surface area contributed by atoms with Crippen LogP contribution in [0, 0.1) is 3.57 Å². The molecule has 1 saturated heterocycles. The molecule has 6 nitrogen and oxygen atoms in total. The van der Waals surface area contributed by atoms with E-state index in [1.54, 1.807) is 12.1 Å². The average molecular weight is 520 g/mol. The lowest BCUT2D eigenvalue weighted by molar-refractivity contribution is 0.0982. The Morgan fingerprint density at radius 3 is 2.76 bits per heavy atom. The lowest BCUT2D eigenvalue weighted by atomic mass is 10.1. The highest BCUT2D eigenvalue weighted by Gasteiger charge is 2.22. The van der Waals surface area contributed by atoms with E-state index in [2.05, 4.69) is 44.5 Å². The molecule has 1 aromatic rings. The van der Waals surface area contributed by atoms with Crippen molar-refractivity contribution in [3.8, 4) is 5.75 Å². The molecular weight excluding hydrogens is 500 g/mol. The third-order valence-corrected chi connectivity index (χ3v) is 6.24. The molecule has 140 valence electrons. The van der Waals surface area contributed by atoms with Gasteiger partial charge in [0.1, 0.15) is 5.75 Å². The summed E-state index contributed by atoms with van der Waals surface area (Å²) in [6.07, 6.45) is 2.70. The fraction of sp³-hybridized carbons (Fsp3) is 0.467. The van der Waals surface area contributed by atoms with E-state index in [1.165, 1.54) is 0 Å². The van der Waals surface area contributed by atoms with Crippen LogP contribution < -0.4 is 20.1 Å². The summed E-state index contributed by atoms with van der Waals surface area (Å²) in [5.41, 5.74) is 0. The van der Waals surface area contributed by atoms with Crippen molar-refractivity contribution in [3.63, 3.8) is 0 Å². The maximum Gasteiger partial charge on any atom is 0.233 e. The van der Waals surface area contributed by atoms with Crippen LogP contribution in [-0.2, 0) is 10.0 Å². The maximum atomic E-state index is 11.3. The Hall–Kier alpha value is -0.100. The number of ether oxygens (including phenoxy) is 1. The average Bonchev–Trinajstić information content (AvgIpc) is 2.57. The molecule has 10 heteroatoms. The first-order valence-corrected chi connectivity index (χ1v) is 11.1. The van der Waals surface area contributed by atoms with E-state index in [1.807, 2.05) is 0 Å². The van der Waals surface area contributed by atoms with E-state index in [0.717, 1.165) is 28.2 Å². The van der Waals surface area contributed by atoms with Gasteiger partial charge in [-0.05, 0) is 47.9 Å². The van der Waals surface area contributed by atoms with Crippen molar-refractivity contribution >= 4 is 55.8 Å². The van der Waals surface area contributed by atoms with Gasteiger partial charge < -0.3 is 10.1 Å². The lowest BCUT2D eigenvalue weighted by Gasteiger charge is -2.32. The van der Waals surface area contributed by atoms with Crippen molar-refractivity contribution < 1.29 is 13.2 Å². The van der Waals surface area contributed by atoms with Gasteiger partial charge in [-0.1, -0.05) is 29.8 Å². The summed E-state index contributed by atoms with van der Waals surface area (Å²) in [6.45, 7) is 4.05. The minimum Gasteiger partial charge on any atom is -0.474 e. The fourth-order valence-corrected chi connectivity index (χ4v) is 4.00. The van der Waals surface area contributed by atoms with Crippen LogP contribution in [0.4, 0.5) is 0 Å². The van der Waals surface area contributed by atoms with Gasteiger partial charge in [0.05, 0.1) is 19.8 Å². The van der Waals surface area contributed by atoms with Gasteiger partial charge in [0.2, 0.25) is 10.0 Å². The van der Waals surface area contributed by atoms with Crippen LogP contribution in [0.15, 0.2) is 24.1 Å². The topological polar surface area (TPSA) is 79.5 Å². The van der Waals surface area contributed by atoms with Crippen molar-refractivity contribution in [2.45, 2.75) is 31.7 Å². The first kappa shape index (κ1) is 21.2. The van der Waals surface area contributed by atoms with E-state index >= 15 is 0 Å². The normalized spacial score (nSPS) is 21.1. The predicted molar refractivity (Wildman–Crippen MR) is 109 cm³/mol. The summed E-state index contributed by atoms with van der Waals surface area (Å²) >= 11 is 14.2. The third-order valence-electron chi connectivity index (χ3n) is 3.63. The summed E-state index contributed by atoms with van der Waals surface area (Å²) in [7, 11) is -3.38. The second-order valence-corrected chi connectivity index (χ2v) is 9.20. The van der Waals surface area contributed by atoms with Crippen LogP contribution in [0.2, 0.25) is 10.0 Å². The Morgan fingerprint density at radius 1 is 1.32 bits per heavy atom. The second kappa shape index (κ2) is 9.72. The van der Waals surface area contributed by atoms with Gasteiger partial charge in [0.25, 0.3) is 0 Å². The zero-order valence-electron chi connectivity index (χ0n) is 13.4. The summed E-state index contributed by atoms with van der Waals surface area (Å²) in [6, 6.07) is 3.48. The van der Waals surface area contributed by atoms with E-state index < -0.39 is 10.0 Å². The number of nitrogens with one attached hydrogen (secondary N) is 3. The van der Waals surface area contributed by atoms with Crippen LogP contribution in [0.25, 0.3) is 0 Å². The van der Waals surface area contributed by atoms with E-state index in [-0.39, 0.29) is 12.4 Å². The second-order valence-electron chi connectivity index (χ2n) is 5.51. The molecule has 1 aliphatic rings. The number of benzene rings is 1. The highest BCUT2D eigenvalue weighted by molar-refractivity contribution is 14.1. The van der Waals surface area contributed by atoms with Crippen molar-refractivity contribution in [3.05, 3.63) is 37.7 Å². The van der Waals surface area contributed by atoms with Crippen molar-refractivity contribution in [2.24, 2.45) is 0 Å². The molecule has 0 bridgehead atoms. The molecule has 2 rings (SSSR count). The molecule has 2 atom stereocenters. The minimum absolute atomic E-state index is 0.0485. The Balaban J connectivity index is 1.83. The molecule has 0 radical (unpaired) electrons. The van der Waals surface area contributed by atoms with Crippen LogP contribution in [0.5, 0.6) is 5.75 Å². The molecule has 1 aliphatic heterocycles. The van der Waals surface area contributed by atoms with E-state index in [0.29, 0.717) is 28.9 Å². The largest absolute Gasteiger partial charge is 0.474 e. The number of rotatable bonds is 8. The molecule has 2 unspecified atom stereocenters. The van der Waals surface area contributed by atoms with Gasteiger partial charge in [-0.2, -0.15) is 0 Å². The number of piperidine rings is 1. The number of hydrogen-bond donors (Lipinski definition) is 3. The van der Waals surface area contributed by atoms with Gasteiger partial charge >= 0.3 is 0 Å². The number of halogens is 3. The van der Waals surface area contributed by atoms with Crippen molar-refractivity contribution in [2.75, 3.05) is 13.1 Å². The molecule has 25 heavy (non-hydrogen) atoms. The Morgan fingerprint density at radius 2 is 2.04 bits per heavy atom. The van der Waals surface area contributed by atoms with E-state index in [9.17, 15) is 8.42 Å². The Bertz CT molecular complexity index is 718. The quantitative estimate of drug-likeness (QED) is 0.279. The lowest BCUT2D eigenvalue weighted by Crippen LogP contribution is -2.53. The van der Waals surface area contributed by atoms with Gasteiger partial charge in [0.15, 0.2) is 6.23 Å². The molecule has 3 N–H and O–H groups in total. The molecule has 0 saturated carbocycles. The van der Waals surface area contributed by atoms with Gasteiger partial charge in [-0.25, -0.2) is 13.1 Å². The van der Waals surface area contributed by atoms with Crippen LogP contribution in [0.1, 0.15) is 19.3 Å². The zero-order valence-corrected chi connectivity index (χ0v) is 17.9. The van der Waals surface area contributed by atoms with E-state index in [4.69, 9.17) is 27.9 Å². The zero-order chi connectivity index (χ0) is 18.4. The van der Waals surface area contributed by atoms with Gasteiger partial charge in [-0.3, -0.25) is 5.32 Å². The molecule has 0 spiro atoms. The SMILES string of the molecule is C=CS(=O)(=O)NCCNC1CCCC(Oc2cc(Cl)c(Cl)cc2I)N1. The summed E-state index contributed by atoms with van der Waals surface area (Å²) in [5.74, 6) is 0.687. The fourth-order valence-electron chi connectivity index (χ4n) is 2.40. The van der Waals surface area contributed by atoms with Crippen molar-refractivity contribution in [1.29, 1.82) is 0 Å². The standard InChI is InChI=1S/C15H20Cl2IN3O3S/c1-2-25(22,23)20-7-6-19-14-4-3-5-15(21-14)24-13-9-11(17)10(16)8-12(13)18/h2,8-9,14-15,19-21H,1,3-7H2. The number of hydrogen-bond acceptors (Lipinski definition) is 5. The number of sulfonamides is 1. The molecule has 1 aromatic carbocycles. The smallest absolute Gasteiger partial charge is 0.233 e.